The van der Waals surface area contributed by atoms with Crippen LogP contribution in [0.2, 0.25) is 0 Å². The van der Waals surface area contributed by atoms with Crippen molar-refractivity contribution in [3.8, 4) is 11.5 Å². The summed E-state index contributed by atoms with van der Waals surface area (Å²) < 4.78 is 0. The SMILES string of the molecule is CC(CCN(C)C)NCc1ccc(O)cc1O. The topological polar surface area (TPSA) is 55.7 Å². The van der Waals surface area contributed by atoms with E-state index in [0.717, 1.165) is 18.5 Å². The zero-order valence-corrected chi connectivity index (χ0v) is 10.8. The summed E-state index contributed by atoms with van der Waals surface area (Å²) in [6.45, 7) is 3.78. The van der Waals surface area contributed by atoms with Gasteiger partial charge in [-0.1, -0.05) is 6.07 Å². The first kappa shape index (κ1) is 13.8. The van der Waals surface area contributed by atoms with Gasteiger partial charge in [-0.05, 0) is 40.1 Å². The van der Waals surface area contributed by atoms with Crippen LogP contribution in [0.1, 0.15) is 18.9 Å². The molecule has 0 radical (unpaired) electrons. The molecule has 1 unspecified atom stereocenters. The predicted molar refractivity (Wildman–Crippen MR) is 69.2 cm³/mol. The fraction of sp³-hybridized carbons (Fsp3) is 0.538. The van der Waals surface area contributed by atoms with Gasteiger partial charge in [0.15, 0.2) is 0 Å². The molecule has 0 aromatic heterocycles. The van der Waals surface area contributed by atoms with E-state index in [4.69, 9.17) is 0 Å². The molecule has 3 N–H and O–H groups in total. The lowest BCUT2D eigenvalue weighted by atomic mass is 10.1. The van der Waals surface area contributed by atoms with Gasteiger partial charge in [0.05, 0.1) is 0 Å². The summed E-state index contributed by atoms with van der Waals surface area (Å²) in [6, 6.07) is 5.07. The van der Waals surface area contributed by atoms with Gasteiger partial charge >= 0.3 is 0 Å². The summed E-state index contributed by atoms with van der Waals surface area (Å²) in [6.07, 6.45) is 1.06. The Morgan fingerprint density at radius 3 is 2.59 bits per heavy atom. The maximum absolute atomic E-state index is 9.61. The minimum Gasteiger partial charge on any atom is -0.508 e. The molecule has 0 fully saturated rings. The Balaban J connectivity index is 2.39. The Morgan fingerprint density at radius 2 is 2.00 bits per heavy atom. The van der Waals surface area contributed by atoms with Crippen molar-refractivity contribution in [2.24, 2.45) is 0 Å². The van der Waals surface area contributed by atoms with Crippen LogP contribution in [0.3, 0.4) is 0 Å². The van der Waals surface area contributed by atoms with Gasteiger partial charge in [0.2, 0.25) is 0 Å². The molecule has 0 aliphatic rings. The molecule has 0 spiro atoms. The van der Waals surface area contributed by atoms with E-state index in [0.29, 0.717) is 12.6 Å². The summed E-state index contributed by atoms with van der Waals surface area (Å²) in [5.41, 5.74) is 0.805. The molecule has 1 aromatic carbocycles. The van der Waals surface area contributed by atoms with E-state index < -0.39 is 0 Å². The van der Waals surface area contributed by atoms with Crippen molar-refractivity contribution < 1.29 is 10.2 Å². The average molecular weight is 238 g/mol. The second kappa shape index (κ2) is 6.47. The molecule has 0 saturated carbocycles. The molecule has 4 nitrogen and oxygen atoms in total. The largest absolute Gasteiger partial charge is 0.508 e. The number of hydrogen-bond donors (Lipinski definition) is 3. The third-order valence-electron chi connectivity index (χ3n) is 2.72. The highest BCUT2D eigenvalue weighted by molar-refractivity contribution is 5.38. The molecule has 4 heteroatoms. The van der Waals surface area contributed by atoms with Gasteiger partial charge in [-0.25, -0.2) is 0 Å². The molecule has 0 aliphatic carbocycles. The summed E-state index contributed by atoms with van der Waals surface area (Å²) >= 11 is 0. The Hall–Kier alpha value is -1.26. The summed E-state index contributed by atoms with van der Waals surface area (Å²) in [7, 11) is 4.11. The molecule has 0 heterocycles. The fourth-order valence-electron chi connectivity index (χ4n) is 1.54. The lowest BCUT2D eigenvalue weighted by Crippen LogP contribution is -2.29. The molecule has 1 aromatic rings. The molecule has 1 rings (SSSR count). The lowest BCUT2D eigenvalue weighted by molar-refractivity contribution is 0.364. The van der Waals surface area contributed by atoms with Gasteiger partial charge in [0.1, 0.15) is 11.5 Å². The molecule has 0 saturated heterocycles. The maximum Gasteiger partial charge on any atom is 0.123 e. The van der Waals surface area contributed by atoms with E-state index >= 15 is 0 Å². The highest BCUT2D eigenvalue weighted by atomic mass is 16.3. The first-order chi connectivity index (χ1) is 7.99. The Labute approximate surface area is 103 Å². The number of nitrogens with one attached hydrogen (secondary N) is 1. The van der Waals surface area contributed by atoms with E-state index in [1.165, 1.54) is 6.07 Å². The number of phenols is 2. The van der Waals surface area contributed by atoms with E-state index in [2.05, 4.69) is 31.2 Å². The summed E-state index contributed by atoms with van der Waals surface area (Å²) in [4.78, 5) is 2.15. The highest BCUT2D eigenvalue weighted by Crippen LogP contribution is 2.22. The quantitative estimate of drug-likeness (QED) is 0.703. The van der Waals surface area contributed by atoms with Crippen molar-refractivity contribution in [3.63, 3.8) is 0 Å². The Morgan fingerprint density at radius 1 is 1.29 bits per heavy atom. The number of nitrogens with zero attached hydrogens (tertiary/aromatic N) is 1. The molecule has 17 heavy (non-hydrogen) atoms. The number of rotatable bonds is 6. The minimum atomic E-state index is 0.0897. The minimum absolute atomic E-state index is 0.0897. The van der Waals surface area contributed by atoms with Crippen LogP contribution in [0.25, 0.3) is 0 Å². The predicted octanol–water partition coefficient (Wildman–Crippen LogP) is 1.53. The summed E-state index contributed by atoms with van der Waals surface area (Å²) in [5, 5.41) is 22.1. The number of aromatic hydroxyl groups is 2. The van der Waals surface area contributed by atoms with Crippen LogP contribution in [0.15, 0.2) is 18.2 Å². The van der Waals surface area contributed by atoms with Crippen LogP contribution < -0.4 is 5.32 Å². The van der Waals surface area contributed by atoms with Crippen LogP contribution in [0, 0.1) is 0 Å². The standard InChI is InChI=1S/C13H22N2O2/c1-10(6-7-15(2)3)14-9-11-4-5-12(16)8-13(11)17/h4-5,8,10,14,16-17H,6-7,9H2,1-3H3. The van der Waals surface area contributed by atoms with Crippen molar-refractivity contribution in [1.29, 1.82) is 0 Å². The number of hydrogen-bond acceptors (Lipinski definition) is 4. The maximum atomic E-state index is 9.61. The second-order valence-electron chi connectivity index (χ2n) is 4.69. The monoisotopic (exact) mass is 238 g/mol. The van der Waals surface area contributed by atoms with E-state index in [9.17, 15) is 10.2 Å². The van der Waals surface area contributed by atoms with E-state index in [-0.39, 0.29) is 11.5 Å². The zero-order valence-electron chi connectivity index (χ0n) is 10.8. The Kier molecular flexibility index (Phi) is 5.25. The van der Waals surface area contributed by atoms with Crippen molar-refractivity contribution in [1.82, 2.24) is 10.2 Å². The third kappa shape index (κ3) is 5.06. The molecule has 0 bridgehead atoms. The fourth-order valence-corrected chi connectivity index (χ4v) is 1.54. The smallest absolute Gasteiger partial charge is 0.123 e. The first-order valence-electron chi connectivity index (χ1n) is 5.88. The van der Waals surface area contributed by atoms with E-state index in [1.807, 2.05) is 0 Å². The van der Waals surface area contributed by atoms with Crippen molar-refractivity contribution in [3.05, 3.63) is 23.8 Å². The summed E-state index contributed by atoms with van der Waals surface area (Å²) in [5.74, 6) is 0.226. The van der Waals surface area contributed by atoms with Gasteiger partial charge in [0, 0.05) is 24.2 Å². The van der Waals surface area contributed by atoms with Gasteiger partial charge in [-0.2, -0.15) is 0 Å². The van der Waals surface area contributed by atoms with Crippen molar-refractivity contribution >= 4 is 0 Å². The van der Waals surface area contributed by atoms with Gasteiger partial charge in [-0.15, -0.1) is 0 Å². The first-order valence-corrected chi connectivity index (χ1v) is 5.88. The average Bonchev–Trinajstić information content (AvgIpc) is 2.25. The molecule has 1 atom stereocenters. The normalized spacial score (nSPS) is 12.9. The number of phenolic OH excluding ortho intramolecular Hbond substituents is 2. The van der Waals surface area contributed by atoms with Gasteiger partial charge in [-0.3, -0.25) is 0 Å². The Bertz CT molecular complexity index is 353. The van der Waals surface area contributed by atoms with Crippen LogP contribution in [-0.4, -0.2) is 41.8 Å². The molecule has 0 aliphatic heterocycles. The lowest BCUT2D eigenvalue weighted by Gasteiger charge is -2.17. The van der Waals surface area contributed by atoms with Crippen molar-refractivity contribution in [2.75, 3.05) is 20.6 Å². The van der Waals surface area contributed by atoms with Crippen LogP contribution in [-0.2, 0) is 6.54 Å². The van der Waals surface area contributed by atoms with Crippen LogP contribution >= 0.6 is 0 Å². The highest BCUT2D eigenvalue weighted by Gasteiger charge is 2.05. The number of benzene rings is 1. The van der Waals surface area contributed by atoms with Crippen molar-refractivity contribution in [2.45, 2.75) is 25.9 Å². The molecular weight excluding hydrogens is 216 g/mol. The second-order valence-corrected chi connectivity index (χ2v) is 4.69. The van der Waals surface area contributed by atoms with E-state index in [1.54, 1.807) is 12.1 Å². The third-order valence-corrected chi connectivity index (χ3v) is 2.72. The molecular formula is C13H22N2O2. The van der Waals surface area contributed by atoms with Gasteiger partial charge in [0.25, 0.3) is 0 Å². The molecule has 0 amide bonds. The van der Waals surface area contributed by atoms with Crippen LogP contribution in [0.5, 0.6) is 11.5 Å². The van der Waals surface area contributed by atoms with Crippen LogP contribution in [0.4, 0.5) is 0 Å². The zero-order chi connectivity index (χ0) is 12.8. The van der Waals surface area contributed by atoms with Gasteiger partial charge < -0.3 is 20.4 Å². The molecule has 96 valence electrons.